The molecule has 9 rings (SSSR count). The zero-order valence-corrected chi connectivity index (χ0v) is 46.4. The van der Waals surface area contributed by atoms with Gasteiger partial charge in [-0.3, -0.25) is 9.55 Å². The number of fused-ring (bicyclic) bond motifs is 1. The number of benzene rings is 7. The SMILES string of the molecule is [2H]c1c([2H])c([2H])c(-c2cc(C(C)(C)C)ccc2-n2c(-c3cc(C(C)(C)C)cc(C(C)(C)C)c3O)nc3c(-c4cc(-c5cc(-c6ccc(-c7ccc([Si](C)(C)C)cc7C([2H])([2H])[2H])cc6)ccn5)cc(C(C)(C)C)c4)cccc32)c([2H])c1[2H]. The number of nitrogens with zero attached hydrogens (tertiary/aromatic N) is 3. The van der Waals surface area contributed by atoms with E-state index in [9.17, 15) is 7.85 Å². The van der Waals surface area contributed by atoms with Gasteiger partial charge in [0.25, 0.3) is 0 Å². The average Bonchev–Trinajstić information content (AvgIpc) is 2.60. The maximum absolute atomic E-state index is 12.7. The molecule has 0 radical (unpaired) electrons. The smallest absolute Gasteiger partial charge is 0.149 e. The molecule has 5 heteroatoms. The van der Waals surface area contributed by atoms with Crippen molar-refractivity contribution in [3.05, 3.63) is 186 Å². The van der Waals surface area contributed by atoms with Gasteiger partial charge in [-0.15, -0.1) is 0 Å². The van der Waals surface area contributed by atoms with Crippen molar-refractivity contribution < 1.29 is 16.1 Å². The molecule has 0 atom stereocenters. The summed E-state index contributed by atoms with van der Waals surface area (Å²) >= 11 is 0. The quantitative estimate of drug-likeness (QED) is 0.154. The molecule has 0 saturated heterocycles. The summed E-state index contributed by atoms with van der Waals surface area (Å²) in [6.45, 7) is 29.9. The lowest BCUT2D eigenvalue weighted by Gasteiger charge is -2.28. The van der Waals surface area contributed by atoms with Gasteiger partial charge in [-0.25, -0.2) is 4.98 Å². The highest BCUT2D eigenvalue weighted by molar-refractivity contribution is 6.88. The average molecular weight is 987 g/mol. The number of hydrogen-bond donors (Lipinski definition) is 1. The Morgan fingerprint density at radius 2 is 1.16 bits per heavy atom. The maximum Gasteiger partial charge on any atom is 0.149 e. The molecular weight excluding hydrogens is 903 g/mol. The highest BCUT2D eigenvalue weighted by Gasteiger charge is 2.30. The minimum atomic E-state index is -2.27. The number of hydrogen-bond acceptors (Lipinski definition) is 3. The first-order valence-electron chi connectivity index (χ1n) is 29.5. The number of para-hydroxylation sites is 1. The summed E-state index contributed by atoms with van der Waals surface area (Å²) in [5, 5.41) is 13.8. The molecule has 0 unspecified atom stereocenters. The number of pyridine rings is 1. The van der Waals surface area contributed by atoms with Crippen LogP contribution < -0.4 is 5.19 Å². The van der Waals surface area contributed by atoms with Gasteiger partial charge in [0.1, 0.15) is 11.6 Å². The molecule has 7 aromatic carbocycles. The van der Waals surface area contributed by atoms with Crippen LogP contribution in [0.5, 0.6) is 5.75 Å². The number of aromatic nitrogens is 3. The molecule has 4 nitrogen and oxygen atoms in total. The van der Waals surface area contributed by atoms with E-state index in [0.717, 1.165) is 66.5 Å². The highest BCUT2D eigenvalue weighted by Crippen LogP contribution is 2.46. The molecule has 0 bridgehead atoms. The summed E-state index contributed by atoms with van der Waals surface area (Å²) in [7, 11) is -1.77. The van der Waals surface area contributed by atoms with E-state index in [1.807, 2.05) is 89.6 Å². The van der Waals surface area contributed by atoms with E-state index in [1.165, 1.54) is 0 Å². The lowest BCUT2D eigenvalue weighted by molar-refractivity contribution is 0.446. The van der Waals surface area contributed by atoms with Crippen molar-refractivity contribution in [2.45, 2.75) is 131 Å². The third kappa shape index (κ3) is 10.3. The van der Waals surface area contributed by atoms with E-state index >= 15 is 0 Å². The summed E-state index contributed by atoms with van der Waals surface area (Å²) in [4.78, 5) is 10.6. The number of phenols is 1. The predicted octanol–water partition coefficient (Wildman–Crippen LogP) is 18.2. The van der Waals surface area contributed by atoms with Gasteiger partial charge in [-0.1, -0.05) is 211 Å². The standard InChI is InChI=1S/C68H75N3OSi/c1-43-35-53(73(14,15)16)30-31-54(43)46-27-25-44(26-28-46)47-33-34-69-59(39-47)49-36-48(37-51(38-49)66(5,6)7)55-23-20-24-61-62(55)70-64(57-41-52(67(8,9)10)42-58(63(57)72)68(11,12)13)71(61)60-32-29-50(65(2,3)4)40-56(60)45-21-18-17-19-22-45/h17-42,72H,1-16H3/i1D3,17D,18D,19D,21D,22D. The number of phenolic OH excluding ortho intramolecular Hbond substituents is 1. The molecule has 0 aliphatic carbocycles. The van der Waals surface area contributed by atoms with Crippen molar-refractivity contribution in [2.24, 2.45) is 0 Å². The predicted molar refractivity (Wildman–Crippen MR) is 316 cm³/mol. The monoisotopic (exact) mass is 986 g/mol. The Balaban J connectivity index is 1.29. The molecular formula is C68H75N3OSi. The van der Waals surface area contributed by atoms with Crippen LogP contribution in [0.4, 0.5) is 0 Å². The minimum absolute atomic E-state index is 0.0667. The van der Waals surface area contributed by atoms with Crippen LogP contribution in [-0.4, -0.2) is 27.7 Å². The van der Waals surface area contributed by atoms with E-state index in [0.29, 0.717) is 44.8 Å². The Labute approximate surface area is 448 Å². The van der Waals surface area contributed by atoms with Crippen molar-refractivity contribution >= 4 is 24.3 Å². The van der Waals surface area contributed by atoms with Crippen molar-refractivity contribution in [3.63, 3.8) is 0 Å². The Bertz CT molecular complexity index is 3920. The van der Waals surface area contributed by atoms with Crippen molar-refractivity contribution in [1.29, 1.82) is 0 Å². The Morgan fingerprint density at radius 1 is 0.521 bits per heavy atom. The number of aromatic hydroxyl groups is 1. The first-order valence-corrected chi connectivity index (χ1v) is 29.0. The van der Waals surface area contributed by atoms with Gasteiger partial charge in [0.05, 0.1) is 42.9 Å². The van der Waals surface area contributed by atoms with E-state index in [-0.39, 0.29) is 39.6 Å². The van der Waals surface area contributed by atoms with Crippen LogP contribution in [0.3, 0.4) is 0 Å². The molecule has 0 spiro atoms. The number of aryl methyl sites for hydroxylation is 1. The molecule has 73 heavy (non-hydrogen) atoms. The lowest BCUT2D eigenvalue weighted by atomic mass is 9.79. The fraction of sp³-hybridized carbons (Fsp3) is 0.294. The van der Waals surface area contributed by atoms with Crippen LogP contribution in [0.15, 0.2) is 158 Å². The number of rotatable bonds is 8. The second-order valence-corrected chi connectivity index (χ2v) is 30.0. The Hall–Kier alpha value is -6.82. The summed E-state index contributed by atoms with van der Waals surface area (Å²) in [5.41, 5.74) is 12.2. The van der Waals surface area contributed by atoms with Gasteiger partial charge in [-0.2, -0.15) is 0 Å². The first-order chi connectivity index (χ1) is 37.4. The fourth-order valence-electron chi connectivity index (χ4n) is 9.59. The van der Waals surface area contributed by atoms with Gasteiger partial charge in [0.15, 0.2) is 0 Å². The maximum atomic E-state index is 12.7. The Morgan fingerprint density at radius 3 is 1.81 bits per heavy atom. The second kappa shape index (κ2) is 18.6. The van der Waals surface area contributed by atoms with E-state index in [4.69, 9.17) is 18.2 Å². The van der Waals surface area contributed by atoms with Gasteiger partial charge in [0, 0.05) is 32.6 Å². The third-order valence-corrected chi connectivity index (χ3v) is 16.2. The molecule has 2 aromatic heterocycles. The zero-order chi connectivity index (χ0) is 59.4. The van der Waals surface area contributed by atoms with Crippen LogP contribution in [-0.2, 0) is 21.7 Å². The summed E-state index contributed by atoms with van der Waals surface area (Å²) in [6.07, 6.45) is 1.82. The molecule has 9 aromatic rings. The highest BCUT2D eigenvalue weighted by atomic mass is 28.3. The molecule has 1 N–H and O–H groups in total. The normalized spacial score (nSPS) is 14.5. The van der Waals surface area contributed by atoms with Gasteiger partial charge < -0.3 is 5.11 Å². The fourth-order valence-corrected chi connectivity index (χ4v) is 10.7. The molecule has 0 fully saturated rings. The van der Waals surface area contributed by atoms with Crippen LogP contribution in [0, 0.1) is 6.85 Å². The molecule has 0 aliphatic rings. The van der Waals surface area contributed by atoms with Crippen molar-refractivity contribution in [1.82, 2.24) is 14.5 Å². The first kappa shape index (κ1) is 41.6. The van der Waals surface area contributed by atoms with E-state index in [1.54, 1.807) is 0 Å². The van der Waals surface area contributed by atoms with Crippen LogP contribution in [0.2, 0.25) is 19.6 Å². The van der Waals surface area contributed by atoms with E-state index < -0.39 is 38.5 Å². The van der Waals surface area contributed by atoms with Gasteiger partial charge >= 0.3 is 0 Å². The van der Waals surface area contributed by atoms with Gasteiger partial charge in [-0.05, 0) is 133 Å². The van der Waals surface area contributed by atoms with Crippen LogP contribution >= 0.6 is 0 Å². The Kier molecular flexibility index (Phi) is 10.6. The zero-order valence-electron chi connectivity index (χ0n) is 53.4. The molecule has 0 aliphatic heterocycles. The largest absolute Gasteiger partial charge is 0.507 e. The van der Waals surface area contributed by atoms with Crippen LogP contribution in [0.1, 0.15) is 122 Å². The van der Waals surface area contributed by atoms with Crippen molar-refractivity contribution in [2.75, 3.05) is 0 Å². The topological polar surface area (TPSA) is 50.9 Å². The third-order valence-electron chi connectivity index (χ3n) is 14.2. The summed E-state index contributed by atoms with van der Waals surface area (Å²) in [6, 6.07) is 38.7. The molecule has 0 amide bonds. The second-order valence-electron chi connectivity index (χ2n) is 24.9. The number of imidazole rings is 1. The van der Waals surface area contributed by atoms with E-state index in [2.05, 4.69) is 145 Å². The summed E-state index contributed by atoms with van der Waals surface area (Å²) in [5.74, 6) is 0.507. The lowest BCUT2D eigenvalue weighted by Crippen LogP contribution is -2.37. The molecule has 372 valence electrons. The molecule has 0 saturated carbocycles. The van der Waals surface area contributed by atoms with Crippen molar-refractivity contribution in [3.8, 4) is 78.6 Å². The summed E-state index contributed by atoms with van der Waals surface area (Å²) < 4.78 is 72.2. The van der Waals surface area contributed by atoms with Crippen LogP contribution in [0.25, 0.3) is 83.9 Å². The van der Waals surface area contributed by atoms with Gasteiger partial charge in [0.2, 0.25) is 0 Å². The minimum Gasteiger partial charge on any atom is -0.507 e. The molecule has 2 heterocycles.